The molecule has 0 aliphatic heterocycles. The molecule has 3 aromatic rings. The number of phenols is 3. The Bertz CT molecular complexity index is 1440. The van der Waals surface area contributed by atoms with Crippen molar-refractivity contribution >= 4 is 113 Å². The van der Waals surface area contributed by atoms with E-state index in [0.717, 1.165) is 0 Å². The standard InChI is InChI=1S/C27H20Br6O9/c28-16-1-13(24(36)19(31)6-16)9-40-22(34)4-12(27(39)42-11-15-3-18(30)8-21(33)26(15)38)5-23(35)41-10-14-2-17(29)7-20(32)25(14)37/h1-3,6-8,12,36-38H,4-5,9-11H2. The number of hydrogen-bond acceptors (Lipinski definition) is 9. The SMILES string of the molecule is O=C(CC(CC(=O)OCc1cc(Br)cc(Br)c1O)C(=O)OCc1cc(Br)cc(Br)c1O)OCc1cc(Br)cc(Br)c1O. The number of carbonyl (C=O) groups excluding carboxylic acids is 3. The lowest BCUT2D eigenvalue weighted by molar-refractivity contribution is -0.161. The molecule has 0 unspecified atom stereocenters. The van der Waals surface area contributed by atoms with Gasteiger partial charge in [-0.1, -0.05) is 47.8 Å². The molecule has 9 nitrogen and oxygen atoms in total. The van der Waals surface area contributed by atoms with Crippen molar-refractivity contribution in [1.82, 2.24) is 0 Å². The van der Waals surface area contributed by atoms with Gasteiger partial charge in [-0.25, -0.2) is 0 Å². The Labute approximate surface area is 290 Å². The first-order chi connectivity index (χ1) is 19.7. The zero-order chi connectivity index (χ0) is 31.1. The van der Waals surface area contributed by atoms with E-state index in [1.807, 2.05) is 0 Å². The summed E-state index contributed by atoms with van der Waals surface area (Å²) in [6, 6.07) is 9.53. The van der Waals surface area contributed by atoms with Crippen LogP contribution in [0.5, 0.6) is 17.2 Å². The Hall–Kier alpha value is -1.65. The van der Waals surface area contributed by atoms with E-state index in [4.69, 9.17) is 14.2 Å². The first-order valence-corrected chi connectivity index (χ1v) is 16.5. The zero-order valence-corrected chi connectivity index (χ0v) is 30.7. The number of benzene rings is 3. The molecule has 0 radical (unpaired) electrons. The van der Waals surface area contributed by atoms with Gasteiger partial charge in [0.1, 0.15) is 37.1 Å². The maximum atomic E-state index is 13.1. The van der Waals surface area contributed by atoms with Crippen molar-refractivity contribution in [2.75, 3.05) is 0 Å². The lowest BCUT2D eigenvalue weighted by atomic mass is 10.0. The largest absolute Gasteiger partial charge is 0.506 e. The normalized spacial score (nSPS) is 10.9. The van der Waals surface area contributed by atoms with Crippen LogP contribution in [0.3, 0.4) is 0 Å². The van der Waals surface area contributed by atoms with Crippen molar-refractivity contribution in [3.05, 3.63) is 79.9 Å². The van der Waals surface area contributed by atoms with E-state index < -0.39 is 36.7 Å². The van der Waals surface area contributed by atoms with Gasteiger partial charge in [0.15, 0.2) is 0 Å². The second-order valence-corrected chi connectivity index (χ2v) is 14.0. The topological polar surface area (TPSA) is 140 Å². The van der Waals surface area contributed by atoms with Gasteiger partial charge in [0.05, 0.1) is 32.2 Å². The maximum Gasteiger partial charge on any atom is 0.310 e. The fourth-order valence-electron chi connectivity index (χ4n) is 3.53. The minimum absolute atomic E-state index is 0.118. The summed E-state index contributed by atoms with van der Waals surface area (Å²) in [5.74, 6) is -4.24. The molecule has 15 heteroatoms. The number of carbonyl (C=O) groups is 3. The molecule has 0 fully saturated rings. The van der Waals surface area contributed by atoms with E-state index in [2.05, 4.69) is 95.6 Å². The van der Waals surface area contributed by atoms with Gasteiger partial charge in [-0.15, -0.1) is 0 Å². The van der Waals surface area contributed by atoms with Crippen LogP contribution in [0.25, 0.3) is 0 Å². The van der Waals surface area contributed by atoms with Crippen LogP contribution in [0.2, 0.25) is 0 Å². The molecule has 0 saturated carbocycles. The third-order valence-electron chi connectivity index (χ3n) is 5.63. The van der Waals surface area contributed by atoms with Gasteiger partial charge in [-0.2, -0.15) is 0 Å². The predicted octanol–water partition coefficient (Wildman–Crippen LogP) is 8.30. The molecule has 0 amide bonds. The molecule has 42 heavy (non-hydrogen) atoms. The highest BCUT2D eigenvalue weighted by atomic mass is 79.9. The van der Waals surface area contributed by atoms with Crippen LogP contribution >= 0.6 is 95.6 Å². The van der Waals surface area contributed by atoms with Crippen molar-refractivity contribution in [2.24, 2.45) is 5.92 Å². The van der Waals surface area contributed by atoms with Gasteiger partial charge in [0.2, 0.25) is 0 Å². The van der Waals surface area contributed by atoms with Crippen molar-refractivity contribution < 1.29 is 43.9 Å². The predicted molar refractivity (Wildman–Crippen MR) is 173 cm³/mol. The molecule has 0 aliphatic carbocycles. The molecule has 3 N–H and O–H groups in total. The highest BCUT2D eigenvalue weighted by Gasteiger charge is 2.29. The van der Waals surface area contributed by atoms with E-state index >= 15 is 0 Å². The molecular formula is C27H20Br6O9. The van der Waals surface area contributed by atoms with Crippen LogP contribution in [-0.2, 0) is 48.4 Å². The number of phenolic OH excluding ortho intramolecular Hbond substituents is 3. The molecule has 0 heterocycles. The highest BCUT2D eigenvalue weighted by Crippen LogP contribution is 2.34. The quantitative estimate of drug-likeness (QED) is 0.128. The van der Waals surface area contributed by atoms with E-state index in [0.29, 0.717) is 38.0 Å². The van der Waals surface area contributed by atoms with Gasteiger partial charge in [0, 0.05) is 30.1 Å². The van der Waals surface area contributed by atoms with E-state index in [1.165, 1.54) is 0 Å². The number of aromatic hydroxyl groups is 3. The second-order valence-electron chi connectivity index (χ2n) is 8.72. The number of halogens is 6. The van der Waals surface area contributed by atoms with Crippen LogP contribution in [0.1, 0.15) is 29.5 Å². The van der Waals surface area contributed by atoms with Crippen LogP contribution in [-0.4, -0.2) is 33.2 Å². The lowest BCUT2D eigenvalue weighted by Crippen LogP contribution is -2.25. The average Bonchev–Trinajstić information content (AvgIpc) is 2.91. The number of esters is 3. The summed E-state index contributed by atoms with van der Waals surface area (Å²) in [6.45, 7) is -0.943. The van der Waals surface area contributed by atoms with E-state index in [9.17, 15) is 29.7 Å². The van der Waals surface area contributed by atoms with Crippen LogP contribution < -0.4 is 0 Å². The molecule has 0 aromatic heterocycles. The van der Waals surface area contributed by atoms with Crippen molar-refractivity contribution in [3.63, 3.8) is 0 Å². The Kier molecular flexibility index (Phi) is 13.2. The smallest absolute Gasteiger partial charge is 0.310 e. The Morgan fingerprint density at radius 1 is 0.548 bits per heavy atom. The number of rotatable bonds is 11. The van der Waals surface area contributed by atoms with Crippen LogP contribution in [0.4, 0.5) is 0 Å². The monoisotopic (exact) mass is 962 g/mol. The second kappa shape index (κ2) is 15.9. The van der Waals surface area contributed by atoms with Gasteiger partial charge in [-0.3, -0.25) is 14.4 Å². The van der Waals surface area contributed by atoms with Crippen LogP contribution in [0.15, 0.2) is 63.2 Å². The van der Waals surface area contributed by atoms with Crippen molar-refractivity contribution in [2.45, 2.75) is 32.7 Å². The fourth-order valence-corrected chi connectivity index (χ4v) is 7.47. The molecule has 0 atom stereocenters. The molecule has 0 spiro atoms. The van der Waals surface area contributed by atoms with E-state index in [1.54, 1.807) is 36.4 Å². The molecule has 224 valence electrons. The summed E-state index contributed by atoms with van der Waals surface area (Å²) in [7, 11) is 0. The molecule has 3 aromatic carbocycles. The summed E-state index contributed by atoms with van der Waals surface area (Å²) >= 11 is 19.5. The number of hydrogen-bond donors (Lipinski definition) is 3. The highest BCUT2D eigenvalue weighted by molar-refractivity contribution is 9.11. The number of ether oxygens (including phenoxy) is 3. The summed E-state index contributed by atoms with van der Waals surface area (Å²) in [4.78, 5) is 38.5. The van der Waals surface area contributed by atoms with Gasteiger partial charge in [0.25, 0.3) is 0 Å². The zero-order valence-electron chi connectivity index (χ0n) is 21.1. The molecule has 0 bridgehead atoms. The summed E-state index contributed by atoms with van der Waals surface area (Å²) < 4.78 is 18.9. The first-order valence-electron chi connectivity index (χ1n) is 11.7. The summed E-state index contributed by atoms with van der Waals surface area (Å²) in [5, 5.41) is 30.7. The first kappa shape index (κ1) is 34.8. The minimum Gasteiger partial charge on any atom is -0.506 e. The Balaban J connectivity index is 1.71. The molecule has 0 saturated heterocycles. The molecule has 0 aliphatic rings. The van der Waals surface area contributed by atoms with Gasteiger partial charge in [-0.05, 0) is 84.2 Å². The Morgan fingerprint density at radius 3 is 1.19 bits per heavy atom. The summed E-state index contributed by atoms with van der Waals surface area (Å²) in [5.41, 5.74) is 0.887. The maximum absolute atomic E-state index is 13.1. The summed E-state index contributed by atoms with van der Waals surface area (Å²) in [6.07, 6.45) is -1.07. The minimum atomic E-state index is -1.30. The van der Waals surface area contributed by atoms with Gasteiger partial charge >= 0.3 is 17.9 Å². The van der Waals surface area contributed by atoms with E-state index in [-0.39, 0.29) is 42.6 Å². The van der Waals surface area contributed by atoms with Gasteiger partial charge < -0.3 is 29.5 Å². The Morgan fingerprint density at radius 2 is 0.857 bits per heavy atom. The lowest BCUT2D eigenvalue weighted by Gasteiger charge is -2.17. The van der Waals surface area contributed by atoms with Crippen molar-refractivity contribution in [1.29, 1.82) is 0 Å². The molecular weight excluding hydrogens is 948 g/mol. The molecule has 3 rings (SSSR count). The average molecular weight is 968 g/mol. The van der Waals surface area contributed by atoms with Crippen molar-refractivity contribution in [3.8, 4) is 17.2 Å². The fraction of sp³-hybridized carbons (Fsp3) is 0.222. The third-order valence-corrected chi connectivity index (χ3v) is 8.82. The van der Waals surface area contributed by atoms with Crippen LogP contribution in [0, 0.1) is 5.92 Å². The third kappa shape index (κ3) is 9.94.